The Kier molecular flexibility index (Phi) is 5.54. The largest absolute Gasteiger partial charge is 0.486 e. The summed E-state index contributed by atoms with van der Waals surface area (Å²) < 4.78 is 16.8. The Hall–Kier alpha value is -2.85. The smallest absolute Gasteiger partial charge is 0.273 e. The molecule has 0 saturated carbocycles. The standard InChI is InChI=1S/C19H21N3O4/c1-12(2)18-17(21-11-25-18)19(23)22-15-7-8-24-10-16(15)26-14-5-3-13(9-20)4-6-14/h3-6,11-12,15-16H,7-8,10H2,1-2H3,(H,22,23)/t15-,16-/m1/s1. The fourth-order valence-electron chi connectivity index (χ4n) is 2.85. The van der Waals surface area contributed by atoms with Crippen LogP contribution in [0.4, 0.5) is 0 Å². The molecule has 7 heteroatoms. The van der Waals surface area contributed by atoms with Crippen LogP contribution in [0.3, 0.4) is 0 Å². The van der Waals surface area contributed by atoms with Gasteiger partial charge in [0.2, 0.25) is 0 Å². The first-order valence-electron chi connectivity index (χ1n) is 8.57. The fraction of sp³-hybridized carbons (Fsp3) is 0.421. The molecule has 1 aromatic heterocycles. The van der Waals surface area contributed by atoms with Gasteiger partial charge in [0.05, 0.1) is 24.3 Å². The van der Waals surface area contributed by atoms with Crippen LogP contribution in [0.5, 0.6) is 5.75 Å². The molecular formula is C19H21N3O4. The van der Waals surface area contributed by atoms with E-state index >= 15 is 0 Å². The van der Waals surface area contributed by atoms with Crippen LogP contribution in [-0.2, 0) is 4.74 Å². The van der Waals surface area contributed by atoms with Crippen molar-refractivity contribution in [1.29, 1.82) is 5.26 Å². The van der Waals surface area contributed by atoms with Gasteiger partial charge < -0.3 is 19.2 Å². The van der Waals surface area contributed by atoms with Crippen molar-refractivity contribution in [2.75, 3.05) is 13.2 Å². The van der Waals surface area contributed by atoms with Crippen molar-refractivity contribution >= 4 is 5.91 Å². The van der Waals surface area contributed by atoms with E-state index < -0.39 is 0 Å². The molecule has 3 rings (SSSR count). The minimum Gasteiger partial charge on any atom is -0.486 e. The topological polar surface area (TPSA) is 97.4 Å². The van der Waals surface area contributed by atoms with Gasteiger partial charge in [0.25, 0.3) is 5.91 Å². The molecule has 0 bridgehead atoms. The second-order valence-corrected chi connectivity index (χ2v) is 6.46. The van der Waals surface area contributed by atoms with E-state index in [1.165, 1.54) is 6.39 Å². The van der Waals surface area contributed by atoms with Crippen molar-refractivity contribution in [3.63, 3.8) is 0 Å². The molecule has 2 aromatic rings. The van der Waals surface area contributed by atoms with Gasteiger partial charge in [0.1, 0.15) is 17.6 Å². The van der Waals surface area contributed by atoms with Gasteiger partial charge in [-0.25, -0.2) is 4.98 Å². The zero-order chi connectivity index (χ0) is 18.5. The number of ether oxygens (including phenoxy) is 2. The molecule has 1 aromatic carbocycles. The van der Waals surface area contributed by atoms with Gasteiger partial charge in [-0.05, 0) is 30.7 Å². The van der Waals surface area contributed by atoms with Crippen LogP contribution in [-0.4, -0.2) is 36.3 Å². The molecule has 1 amide bonds. The zero-order valence-electron chi connectivity index (χ0n) is 14.8. The second kappa shape index (κ2) is 8.02. The van der Waals surface area contributed by atoms with E-state index in [4.69, 9.17) is 19.2 Å². The molecule has 1 aliphatic heterocycles. The minimum atomic E-state index is -0.324. The van der Waals surface area contributed by atoms with E-state index in [1.807, 2.05) is 13.8 Å². The molecule has 1 aliphatic rings. The average Bonchev–Trinajstić information content (AvgIpc) is 3.14. The first-order valence-corrected chi connectivity index (χ1v) is 8.57. The Balaban J connectivity index is 1.69. The van der Waals surface area contributed by atoms with Gasteiger partial charge in [-0.2, -0.15) is 5.26 Å². The van der Waals surface area contributed by atoms with E-state index in [2.05, 4.69) is 16.4 Å². The highest BCUT2D eigenvalue weighted by Crippen LogP contribution is 2.21. The molecule has 1 N–H and O–H groups in total. The van der Waals surface area contributed by atoms with E-state index in [-0.39, 0.29) is 24.0 Å². The number of hydrogen-bond acceptors (Lipinski definition) is 6. The second-order valence-electron chi connectivity index (χ2n) is 6.46. The fourth-order valence-corrected chi connectivity index (χ4v) is 2.85. The predicted octanol–water partition coefficient (Wildman–Crippen LogP) is 2.64. The Morgan fingerprint density at radius 1 is 1.38 bits per heavy atom. The molecule has 0 spiro atoms. The number of carbonyl (C=O) groups excluding carboxylic acids is 1. The van der Waals surface area contributed by atoms with E-state index in [1.54, 1.807) is 24.3 Å². The third-order valence-corrected chi connectivity index (χ3v) is 4.23. The van der Waals surface area contributed by atoms with Crippen LogP contribution in [0.25, 0.3) is 0 Å². The Morgan fingerprint density at radius 3 is 2.85 bits per heavy atom. The van der Waals surface area contributed by atoms with Gasteiger partial charge in [-0.1, -0.05) is 13.8 Å². The van der Waals surface area contributed by atoms with Crippen molar-refractivity contribution in [3.8, 4) is 11.8 Å². The first kappa shape index (κ1) is 18.0. The highest BCUT2D eigenvalue weighted by molar-refractivity contribution is 5.93. The molecule has 0 unspecified atom stereocenters. The maximum absolute atomic E-state index is 12.6. The van der Waals surface area contributed by atoms with Crippen LogP contribution in [0.2, 0.25) is 0 Å². The summed E-state index contributed by atoms with van der Waals surface area (Å²) in [7, 11) is 0. The van der Waals surface area contributed by atoms with Crippen LogP contribution < -0.4 is 10.1 Å². The third kappa shape index (κ3) is 4.03. The monoisotopic (exact) mass is 355 g/mol. The summed E-state index contributed by atoms with van der Waals surface area (Å²) in [4.78, 5) is 16.7. The lowest BCUT2D eigenvalue weighted by molar-refractivity contribution is -0.0135. The number of oxazole rings is 1. The number of rotatable bonds is 5. The van der Waals surface area contributed by atoms with Gasteiger partial charge in [0, 0.05) is 12.5 Å². The van der Waals surface area contributed by atoms with E-state index in [9.17, 15) is 4.79 Å². The molecule has 1 fully saturated rings. The molecule has 0 radical (unpaired) electrons. The van der Waals surface area contributed by atoms with Crippen molar-refractivity contribution in [1.82, 2.24) is 10.3 Å². The molecule has 26 heavy (non-hydrogen) atoms. The minimum absolute atomic E-state index is 0.0682. The maximum atomic E-state index is 12.6. The zero-order valence-corrected chi connectivity index (χ0v) is 14.8. The summed E-state index contributed by atoms with van der Waals surface area (Å²) in [6.45, 7) is 4.82. The van der Waals surface area contributed by atoms with Crippen LogP contribution in [0, 0.1) is 11.3 Å². The number of hydrogen-bond donors (Lipinski definition) is 1. The number of amides is 1. The van der Waals surface area contributed by atoms with E-state index in [0.29, 0.717) is 42.4 Å². The molecule has 0 aliphatic carbocycles. The number of nitrogens with zero attached hydrogens (tertiary/aromatic N) is 2. The lowest BCUT2D eigenvalue weighted by atomic mass is 10.0. The third-order valence-electron chi connectivity index (χ3n) is 4.23. The summed E-state index contributed by atoms with van der Waals surface area (Å²) >= 11 is 0. The lowest BCUT2D eigenvalue weighted by Gasteiger charge is -2.32. The average molecular weight is 355 g/mol. The lowest BCUT2D eigenvalue weighted by Crippen LogP contribution is -2.51. The molecular weight excluding hydrogens is 334 g/mol. The number of nitriles is 1. The Labute approximate surface area is 151 Å². The predicted molar refractivity (Wildman–Crippen MR) is 92.9 cm³/mol. The van der Waals surface area contributed by atoms with Crippen LogP contribution >= 0.6 is 0 Å². The van der Waals surface area contributed by atoms with Gasteiger partial charge in [0.15, 0.2) is 12.1 Å². The van der Waals surface area contributed by atoms with Gasteiger partial charge in [-0.3, -0.25) is 4.79 Å². The van der Waals surface area contributed by atoms with Gasteiger partial charge >= 0.3 is 0 Å². The van der Waals surface area contributed by atoms with Crippen molar-refractivity contribution in [2.24, 2.45) is 0 Å². The van der Waals surface area contributed by atoms with E-state index in [0.717, 1.165) is 0 Å². The highest BCUT2D eigenvalue weighted by atomic mass is 16.5. The molecule has 1 saturated heterocycles. The molecule has 136 valence electrons. The SMILES string of the molecule is CC(C)c1ocnc1C(=O)N[C@@H]1CCOC[C@H]1Oc1ccc(C#N)cc1. The molecule has 7 nitrogen and oxygen atoms in total. The van der Waals surface area contributed by atoms with Crippen molar-refractivity contribution < 1.29 is 18.7 Å². The Morgan fingerprint density at radius 2 is 2.15 bits per heavy atom. The van der Waals surface area contributed by atoms with Gasteiger partial charge in [-0.15, -0.1) is 0 Å². The summed E-state index contributed by atoms with van der Waals surface area (Å²) in [5, 5.41) is 11.9. The number of nitrogens with one attached hydrogen (secondary N) is 1. The normalized spacial score (nSPS) is 19.8. The summed E-state index contributed by atoms with van der Waals surface area (Å²) in [5.74, 6) is 0.989. The van der Waals surface area contributed by atoms with Crippen molar-refractivity contribution in [2.45, 2.75) is 38.3 Å². The number of aromatic nitrogens is 1. The number of carbonyl (C=O) groups is 1. The quantitative estimate of drug-likeness (QED) is 0.885. The molecule has 2 atom stereocenters. The summed E-state index contributed by atoms with van der Waals surface area (Å²) in [5.41, 5.74) is 0.873. The van der Waals surface area contributed by atoms with Crippen molar-refractivity contribution in [3.05, 3.63) is 47.7 Å². The Bertz CT molecular complexity index is 792. The highest BCUT2D eigenvalue weighted by Gasteiger charge is 2.31. The number of benzene rings is 1. The summed E-state index contributed by atoms with van der Waals surface area (Å²) in [6.07, 6.45) is 1.61. The first-order chi connectivity index (χ1) is 12.6. The summed E-state index contributed by atoms with van der Waals surface area (Å²) in [6, 6.07) is 8.72. The van der Waals surface area contributed by atoms with Crippen LogP contribution in [0.1, 0.15) is 48.0 Å². The molecule has 2 heterocycles. The maximum Gasteiger partial charge on any atom is 0.273 e. The van der Waals surface area contributed by atoms with Crippen LogP contribution in [0.15, 0.2) is 35.1 Å².